The van der Waals surface area contributed by atoms with Crippen molar-refractivity contribution in [3.05, 3.63) is 83.9 Å². The molecule has 0 heteroatoms. The summed E-state index contributed by atoms with van der Waals surface area (Å²) in [6.45, 7) is 0.537. The van der Waals surface area contributed by atoms with E-state index in [0.717, 1.165) is 43.8 Å². The molecule has 0 atom stereocenters. The van der Waals surface area contributed by atoms with Crippen LogP contribution in [0.4, 0.5) is 0 Å². The van der Waals surface area contributed by atoms with Crippen LogP contribution in [0, 0.1) is 13.8 Å². The zero-order valence-corrected chi connectivity index (χ0v) is 12.3. The Morgan fingerprint density at radius 3 is 1.36 bits per heavy atom. The Balaban J connectivity index is 2.15. The first-order valence-electron chi connectivity index (χ1n) is 8.85. The molecule has 0 radical (unpaired) electrons. The molecule has 0 aliphatic carbocycles. The largest absolute Gasteiger partial charge is 0.0614 e. The lowest BCUT2D eigenvalue weighted by Gasteiger charge is -2.13. The Hall–Kier alpha value is -2.60. The lowest BCUT2D eigenvalue weighted by Crippen LogP contribution is -1.88. The molecule has 0 unspecified atom stereocenters. The second-order valence-electron chi connectivity index (χ2n) is 5.64. The summed E-state index contributed by atoms with van der Waals surface area (Å²) < 4.78 is 15.8. The van der Waals surface area contributed by atoms with Gasteiger partial charge in [0.25, 0.3) is 0 Å². The van der Waals surface area contributed by atoms with Gasteiger partial charge in [-0.1, -0.05) is 72.8 Å². The van der Waals surface area contributed by atoms with Crippen LogP contribution in [-0.2, 0) is 0 Å². The number of hydrogen-bond donors (Lipinski definition) is 0. The van der Waals surface area contributed by atoms with Crippen LogP contribution in [0.2, 0.25) is 0 Å². The summed E-state index contributed by atoms with van der Waals surface area (Å²) in [7, 11) is 0. The zero-order valence-electron chi connectivity index (χ0n) is 14.3. The quantitative estimate of drug-likeness (QED) is 0.386. The molecule has 0 nitrogen and oxygen atoms in total. The van der Waals surface area contributed by atoms with Gasteiger partial charge in [-0.3, -0.25) is 0 Å². The van der Waals surface area contributed by atoms with Gasteiger partial charge in [0.05, 0.1) is 0 Å². The van der Waals surface area contributed by atoms with Crippen molar-refractivity contribution in [2.45, 2.75) is 13.8 Å². The number of hydrogen-bond acceptors (Lipinski definition) is 0. The molecule has 0 heterocycles. The second-order valence-corrected chi connectivity index (χ2v) is 5.64. The summed E-state index contributed by atoms with van der Waals surface area (Å²) >= 11 is 0. The van der Waals surface area contributed by atoms with Crippen molar-refractivity contribution >= 4 is 21.5 Å². The van der Waals surface area contributed by atoms with E-state index in [0.29, 0.717) is 0 Å². The molecule has 0 aromatic heterocycles. The summed E-state index contributed by atoms with van der Waals surface area (Å²) in [5.74, 6) is 0. The highest BCUT2D eigenvalue weighted by Gasteiger charge is 2.10. The molecule has 0 amide bonds. The van der Waals surface area contributed by atoms with E-state index in [1.54, 1.807) is 0 Å². The van der Waals surface area contributed by atoms with Gasteiger partial charge >= 0.3 is 0 Å². The average Bonchev–Trinajstić information content (AvgIpc) is 2.66. The van der Waals surface area contributed by atoms with Crippen molar-refractivity contribution in [2.75, 3.05) is 0 Å². The third-order valence-corrected chi connectivity index (χ3v) is 4.27. The Morgan fingerprint density at radius 1 is 0.545 bits per heavy atom. The van der Waals surface area contributed by atoms with Gasteiger partial charge in [0.15, 0.2) is 0 Å². The van der Waals surface area contributed by atoms with E-state index < -0.39 is 0 Å². The van der Waals surface area contributed by atoms with E-state index >= 15 is 0 Å². The first-order valence-corrected chi connectivity index (χ1v) is 7.43. The van der Waals surface area contributed by atoms with Crippen LogP contribution in [-0.4, -0.2) is 0 Å². The van der Waals surface area contributed by atoms with E-state index in [-0.39, 0.29) is 13.8 Å². The van der Waals surface area contributed by atoms with E-state index in [1.807, 2.05) is 24.3 Å². The maximum absolute atomic E-state index is 7.90. The fourth-order valence-corrected chi connectivity index (χ4v) is 3.29. The highest BCUT2D eigenvalue weighted by Crippen LogP contribution is 2.36. The molecule has 0 N–H and O–H groups in total. The molecule has 4 aromatic carbocycles. The van der Waals surface area contributed by atoms with E-state index in [4.69, 9.17) is 2.74 Å². The molecule has 0 spiro atoms. The Labute approximate surface area is 133 Å². The Kier molecular flexibility index (Phi) is 2.50. The van der Waals surface area contributed by atoms with Gasteiger partial charge in [0, 0.05) is 2.74 Å². The third-order valence-electron chi connectivity index (χ3n) is 4.27. The molecule has 0 saturated heterocycles. The molecule has 4 rings (SSSR count). The van der Waals surface area contributed by atoms with Gasteiger partial charge in [0.1, 0.15) is 0 Å². The second kappa shape index (κ2) is 4.99. The molecule has 4 aromatic rings. The minimum Gasteiger partial charge on any atom is -0.0614 e. The SMILES string of the molecule is [2H]Cc1cccc2cccc(-c3cccc4cccc(C[2H])c34)c12. The number of benzene rings is 4. The van der Waals surface area contributed by atoms with Crippen molar-refractivity contribution in [1.29, 1.82) is 0 Å². The number of fused-ring (bicyclic) bond motifs is 2. The average molecular weight is 284 g/mol. The van der Waals surface area contributed by atoms with Gasteiger partial charge in [0.2, 0.25) is 0 Å². The standard InChI is InChI=1S/C22H18/c1-15-7-3-9-17-11-5-13-19(21(15)17)20-14-6-12-18-10-4-8-16(2)22(18)20/h3-14H,1-2H3/i1D,2D. The van der Waals surface area contributed by atoms with Crippen LogP contribution in [0.15, 0.2) is 72.8 Å². The van der Waals surface area contributed by atoms with E-state index in [1.165, 1.54) is 0 Å². The molecule has 0 saturated carbocycles. The first-order chi connectivity index (χ1) is 11.8. The molecule has 0 fully saturated rings. The van der Waals surface area contributed by atoms with Crippen LogP contribution < -0.4 is 0 Å². The van der Waals surface area contributed by atoms with Crippen LogP contribution in [0.5, 0.6) is 0 Å². The van der Waals surface area contributed by atoms with Crippen LogP contribution in [0.1, 0.15) is 13.9 Å². The third kappa shape index (κ3) is 1.92. The molecular weight excluding hydrogens is 264 g/mol. The summed E-state index contributed by atoms with van der Waals surface area (Å²) in [5, 5.41) is 4.64. The molecule has 0 bridgehead atoms. The van der Waals surface area contributed by atoms with Gasteiger partial charge in [-0.15, -0.1) is 0 Å². The van der Waals surface area contributed by atoms with Gasteiger partial charge in [-0.05, 0) is 57.6 Å². The highest BCUT2D eigenvalue weighted by atomic mass is 14.1. The first kappa shape index (κ1) is 11.0. The van der Waals surface area contributed by atoms with Crippen molar-refractivity contribution < 1.29 is 2.74 Å². The Bertz CT molecular complexity index is 939. The van der Waals surface area contributed by atoms with Gasteiger partial charge < -0.3 is 0 Å². The monoisotopic (exact) mass is 284 g/mol. The zero-order chi connectivity index (χ0) is 16.5. The maximum Gasteiger partial charge on any atom is 0.0280 e. The normalized spacial score (nSPS) is 12.4. The highest BCUT2D eigenvalue weighted by molar-refractivity contribution is 6.07. The summed E-state index contributed by atoms with van der Waals surface area (Å²) in [6.07, 6.45) is 0. The maximum atomic E-state index is 7.90. The van der Waals surface area contributed by atoms with Crippen molar-refractivity contribution in [1.82, 2.24) is 0 Å². The van der Waals surface area contributed by atoms with Crippen molar-refractivity contribution in [3.63, 3.8) is 0 Å². The van der Waals surface area contributed by atoms with Gasteiger partial charge in [-0.2, -0.15) is 0 Å². The smallest absolute Gasteiger partial charge is 0.0280 e. The van der Waals surface area contributed by atoms with Crippen LogP contribution in [0.25, 0.3) is 32.7 Å². The summed E-state index contributed by atoms with van der Waals surface area (Å²) in [5.41, 5.74) is 4.40. The minimum atomic E-state index is 0.268. The molecule has 0 aliphatic rings. The van der Waals surface area contributed by atoms with Crippen molar-refractivity contribution in [3.8, 4) is 11.1 Å². The molecular formula is C22H18. The van der Waals surface area contributed by atoms with Gasteiger partial charge in [-0.25, -0.2) is 0 Å². The number of rotatable bonds is 1. The fourth-order valence-electron chi connectivity index (χ4n) is 3.29. The van der Waals surface area contributed by atoms with E-state index in [9.17, 15) is 0 Å². The predicted molar refractivity (Wildman–Crippen MR) is 96.4 cm³/mol. The molecule has 22 heavy (non-hydrogen) atoms. The number of aryl methyl sites for hydroxylation is 2. The lowest BCUT2D eigenvalue weighted by molar-refractivity contribution is 1.51. The molecule has 0 aliphatic heterocycles. The summed E-state index contributed by atoms with van der Waals surface area (Å²) in [6, 6.07) is 25.0. The topological polar surface area (TPSA) is 0 Å². The Morgan fingerprint density at radius 2 is 0.955 bits per heavy atom. The predicted octanol–water partition coefficient (Wildman–Crippen LogP) is 6.28. The lowest BCUT2D eigenvalue weighted by atomic mass is 9.90. The van der Waals surface area contributed by atoms with E-state index in [2.05, 4.69) is 48.5 Å². The minimum absolute atomic E-state index is 0.268. The van der Waals surface area contributed by atoms with Crippen LogP contribution >= 0.6 is 0 Å². The van der Waals surface area contributed by atoms with Crippen molar-refractivity contribution in [2.24, 2.45) is 0 Å². The summed E-state index contributed by atoms with van der Waals surface area (Å²) in [4.78, 5) is 0. The fraction of sp³-hybridized carbons (Fsp3) is 0.0909. The van der Waals surface area contributed by atoms with Crippen LogP contribution in [0.3, 0.4) is 0 Å². The molecule has 106 valence electrons.